The van der Waals surface area contributed by atoms with Crippen LogP contribution in [0.3, 0.4) is 0 Å². The summed E-state index contributed by atoms with van der Waals surface area (Å²) in [6.07, 6.45) is 0. The topological polar surface area (TPSA) is 92.5 Å². The second-order valence-corrected chi connectivity index (χ2v) is 4.47. The van der Waals surface area contributed by atoms with Crippen molar-refractivity contribution in [1.29, 1.82) is 0 Å². The number of hydrogen-bond acceptors (Lipinski definition) is 4. The van der Waals surface area contributed by atoms with E-state index in [1.54, 1.807) is 0 Å². The predicted octanol–water partition coefficient (Wildman–Crippen LogP) is 3.35. The van der Waals surface area contributed by atoms with E-state index in [1.165, 1.54) is 18.2 Å². The van der Waals surface area contributed by atoms with Crippen molar-refractivity contribution in [1.82, 2.24) is 0 Å². The SMILES string of the molecule is O=C(Nc1ccc([N+](=O)[O-])cc1F)c1cc(Cl)ccc1O. The highest BCUT2D eigenvalue weighted by atomic mass is 35.5. The molecule has 0 aliphatic carbocycles. The van der Waals surface area contributed by atoms with Gasteiger partial charge in [-0.3, -0.25) is 14.9 Å². The first-order valence-electron chi connectivity index (χ1n) is 5.62. The summed E-state index contributed by atoms with van der Waals surface area (Å²) in [5, 5.41) is 22.5. The molecule has 108 valence electrons. The van der Waals surface area contributed by atoms with Gasteiger partial charge in [-0.1, -0.05) is 11.6 Å². The Hall–Kier alpha value is -2.67. The van der Waals surface area contributed by atoms with Gasteiger partial charge in [0.1, 0.15) is 5.75 Å². The second-order valence-electron chi connectivity index (χ2n) is 4.04. The van der Waals surface area contributed by atoms with Crippen LogP contribution >= 0.6 is 11.6 Å². The Morgan fingerprint density at radius 3 is 2.62 bits per heavy atom. The first kappa shape index (κ1) is 14.7. The largest absolute Gasteiger partial charge is 0.507 e. The lowest BCUT2D eigenvalue weighted by Crippen LogP contribution is -2.13. The molecule has 6 nitrogen and oxygen atoms in total. The Kier molecular flexibility index (Phi) is 4.04. The van der Waals surface area contributed by atoms with E-state index in [0.717, 1.165) is 12.1 Å². The van der Waals surface area contributed by atoms with Crippen LogP contribution in [-0.2, 0) is 0 Å². The summed E-state index contributed by atoms with van der Waals surface area (Å²) in [6, 6.07) is 6.63. The van der Waals surface area contributed by atoms with Crippen molar-refractivity contribution in [2.45, 2.75) is 0 Å². The lowest BCUT2D eigenvalue weighted by molar-refractivity contribution is -0.385. The molecule has 1 amide bonds. The number of phenols is 1. The average molecular weight is 311 g/mol. The minimum atomic E-state index is -0.959. The van der Waals surface area contributed by atoms with Crippen molar-refractivity contribution < 1.29 is 19.2 Å². The van der Waals surface area contributed by atoms with E-state index in [-0.39, 0.29) is 22.0 Å². The number of aromatic hydroxyl groups is 1. The van der Waals surface area contributed by atoms with Crippen LogP contribution in [0.4, 0.5) is 15.8 Å². The maximum absolute atomic E-state index is 13.7. The number of rotatable bonds is 3. The van der Waals surface area contributed by atoms with Gasteiger partial charge in [0, 0.05) is 11.1 Å². The summed E-state index contributed by atoms with van der Waals surface area (Å²) in [6.45, 7) is 0. The standard InChI is InChI=1S/C13H8ClFN2O4/c14-7-1-4-12(18)9(5-7)13(19)16-11-3-2-8(17(20)21)6-10(11)15/h1-6,18H,(H,16,19). The third-order valence-corrected chi connectivity index (χ3v) is 2.85. The zero-order valence-electron chi connectivity index (χ0n) is 10.3. The van der Waals surface area contributed by atoms with Crippen LogP contribution in [0.5, 0.6) is 5.75 Å². The molecule has 0 aliphatic rings. The summed E-state index contributed by atoms with van der Waals surface area (Å²) in [7, 11) is 0. The maximum Gasteiger partial charge on any atom is 0.272 e. The van der Waals surface area contributed by atoms with Crippen molar-refractivity contribution >= 4 is 28.9 Å². The van der Waals surface area contributed by atoms with Gasteiger partial charge in [0.05, 0.1) is 22.2 Å². The monoisotopic (exact) mass is 310 g/mol. The predicted molar refractivity (Wildman–Crippen MR) is 74.1 cm³/mol. The van der Waals surface area contributed by atoms with Gasteiger partial charge in [0.25, 0.3) is 11.6 Å². The molecule has 0 unspecified atom stereocenters. The molecular formula is C13H8ClFN2O4. The summed E-state index contributed by atoms with van der Waals surface area (Å²) in [5.74, 6) is -2.07. The highest BCUT2D eigenvalue weighted by Crippen LogP contribution is 2.25. The third-order valence-electron chi connectivity index (χ3n) is 2.61. The summed E-state index contributed by atoms with van der Waals surface area (Å²) < 4.78 is 13.7. The molecule has 0 bridgehead atoms. The molecular weight excluding hydrogens is 303 g/mol. The molecule has 2 aromatic rings. The fourth-order valence-electron chi connectivity index (χ4n) is 1.60. The van der Waals surface area contributed by atoms with Crippen LogP contribution in [0.25, 0.3) is 0 Å². The molecule has 21 heavy (non-hydrogen) atoms. The molecule has 8 heteroatoms. The van der Waals surface area contributed by atoms with Crippen molar-refractivity contribution in [2.24, 2.45) is 0 Å². The second kappa shape index (κ2) is 5.76. The molecule has 0 atom stereocenters. The Balaban J connectivity index is 2.27. The van der Waals surface area contributed by atoms with E-state index in [0.29, 0.717) is 6.07 Å². The van der Waals surface area contributed by atoms with Crippen molar-refractivity contribution in [2.75, 3.05) is 5.32 Å². The molecule has 0 fully saturated rings. The first-order valence-corrected chi connectivity index (χ1v) is 6.00. The zero-order chi connectivity index (χ0) is 15.6. The van der Waals surface area contributed by atoms with Gasteiger partial charge in [-0.15, -0.1) is 0 Å². The Morgan fingerprint density at radius 1 is 1.29 bits per heavy atom. The van der Waals surface area contributed by atoms with Crippen molar-refractivity contribution in [3.05, 3.63) is 62.9 Å². The normalized spacial score (nSPS) is 10.2. The van der Waals surface area contributed by atoms with E-state index >= 15 is 0 Å². The number of nitro groups is 1. The molecule has 2 aromatic carbocycles. The molecule has 0 radical (unpaired) electrons. The molecule has 2 N–H and O–H groups in total. The Labute approximate surface area is 122 Å². The van der Waals surface area contributed by atoms with Crippen molar-refractivity contribution in [3.8, 4) is 5.75 Å². The number of benzene rings is 2. The van der Waals surface area contributed by atoms with Crippen LogP contribution in [-0.4, -0.2) is 15.9 Å². The van der Waals surface area contributed by atoms with Crippen molar-refractivity contribution in [3.63, 3.8) is 0 Å². The quantitative estimate of drug-likeness (QED) is 0.671. The molecule has 0 aromatic heterocycles. The van der Waals surface area contributed by atoms with Gasteiger partial charge in [-0.05, 0) is 24.3 Å². The summed E-state index contributed by atoms with van der Waals surface area (Å²) >= 11 is 5.71. The molecule has 2 rings (SSSR count). The number of non-ortho nitro benzene ring substituents is 1. The van der Waals surface area contributed by atoms with Gasteiger partial charge >= 0.3 is 0 Å². The molecule has 0 saturated carbocycles. The van der Waals surface area contributed by atoms with Crippen LogP contribution in [0.15, 0.2) is 36.4 Å². The molecule has 0 saturated heterocycles. The number of nitrogens with zero attached hydrogens (tertiary/aromatic N) is 1. The average Bonchev–Trinajstić information content (AvgIpc) is 2.43. The number of amides is 1. The Bertz CT molecular complexity index is 736. The van der Waals surface area contributed by atoms with Gasteiger partial charge in [-0.2, -0.15) is 0 Å². The number of nitro benzene ring substituents is 1. The van der Waals surface area contributed by atoms with Crippen LogP contribution in [0.1, 0.15) is 10.4 Å². The number of carbonyl (C=O) groups excluding carboxylic acids is 1. The fourth-order valence-corrected chi connectivity index (χ4v) is 1.77. The first-order chi connectivity index (χ1) is 9.88. The number of anilines is 1. The number of phenolic OH excluding ortho intramolecular Hbond substituents is 1. The minimum Gasteiger partial charge on any atom is -0.507 e. The van der Waals surface area contributed by atoms with E-state index in [4.69, 9.17) is 11.6 Å². The van der Waals surface area contributed by atoms with Crippen LogP contribution in [0, 0.1) is 15.9 Å². The third kappa shape index (κ3) is 3.26. The number of nitrogens with one attached hydrogen (secondary N) is 1. The Morgan fingerprint density at radius 2 is 2.00 bits per heavy atom. The fraction of sp³-hybridized carbons (Fsp3) is 0. The van der Waals surface area contributed by atoms with Gasteiger partial charge in [-0.25, -0.2) is 4.39 Å². The van der Waals surface area contributed by atoms with Crippen LogP contribution < -0.4 is 5.32 Å². The zero-order valence-corrected chi connectivity index (χ0v) is 11.1. The van der Waals surface area contributed by atoms with Gasteiger partial charge in [0.15, 0.2) is 5.82 Å². The molecule has 0 heterocycles. The maximum atomic E-state index is 13.7. The lowest BCUT2D eigenvalue weighted by Gasteiger charge is -2.08. The summed E-state index contributed by atoms with van der Waals surface area (Å²) in [4.78, 5) is 21.7. The van der Waals surface area contributed by atoms with Gasteiger partial charge < -0.3 is 10.4 Å². The van der Waals surface area contributed by atoms with E-state index in [2.05, 4.69) is 5.32 Å². The highest BCUT2D eigenvalue weighted by Gasteiger charge is 2.16. The number of halogens is 2. The minimum absolute atomic E-state index is 0.139. The highest BCUT2D eigenvalue weighted by molar-refractivity contribution is 6.31. The molecule has 0 spiro atoms. The lowest BCUT2D eigenvalue weighted by atomic mass is 10.2. The van der Waals surface area contributed by atoms with Gasteiger partial charge in [0.2, 0.25) is 0 Å². The number of carbonyl (C=O) groups is 1. The van der Waals surface area contributed by atoms with E-state index < -0.39 is 22.3 Å². The molecule has 0 aliphatic heterocycles. The van der Waals surface area contributed by atoms with Crippen LogP contribution in [0.2, 0.25) is 5.02 Å². The van der Waals surface area contributed by atoms with E-state index in [1.807, 2.05) is 0 Å². The number of hydrogen-bond donors (Lipinski definition) is 2. The summed E-state index contributed by atoms with van der Waals surface area (Å²) in [5.41, 5.74) is -0.818. The smallest absolute Gasteiger partial charge is 0.272 e. The van der Waals surface area contributed by atoms with E-state index in [9.17, 15) is 24.4 Å².